The predicted octanol–water partition coefficient (Wildman–Crippen LogP) is 2.76. The minimum Gasteiger partial charge on any atom is -0.497 e. The number of hydrogen-bond donors (Lipinski definition) is 1. The maximum atomic E-state index is 13.3. The van der Waals surface area contributed by atoms with Gasteiger partial charge >= 0.3 is 0 Å². The molecule has 1 unspecified atom stereocenters. The van der Waals surface area contributed by atoms with E-state index in [1.807, 2.05) is 6.07 Å². The summed E-state index contributed by atoms with van der Waals surface area (Å²) in [5.41, 5.74) is 10.4. The molecule has 2 aliphatic rings. The zero-order chi connectivity index (χ0) is 16.0. The third kappa shape index (κ3) is 2.42. The monoisotopic (exact) mass is 311 g/mol. The van der Waals surface area contributed by atoms with Crippen molar-refractivity contribution in [2.24, 2.45) is 10.7 Å². The zero-order valence-corrected chi connectivity index (χ0v) is 12.9. The lowest BCUT2D eigenvalue weighted by Crippen LogP contribution is -2.46. The van der Waals surface area contributed by atoms with E-state index in [1.165, 1.54) is 23.3 Å². The molecule has 2 N–H and O–H groups in total. The highest BCUT2D eigenvalue weighted by Gasteiger charge is 2.30. The summed E-state index contributed by atoms with van der Waals surface area (Å²) in [5, 5.41) is 0. The molecule has 1 heterocycles. The molecule has 0 spiro atoms. The van der Waals surface area contributed by atoms with Crippen LogP contribution in [0.15, 0.2) is 41.4 Å². The van der Waals surface area contributed by atoms with Crippen molar-refractivity contribution in [2.75, 3.05) is 7.11 Å². The molecule has 0 fully saturated rings. The molecule has 0 aromatic heterocycles. The molecule has 4 nitrogen and oxygen atoms in total. The van der Waals surface area contributed by atoms with Crippen molar-refractivity contribution in [1.82, 2.24) is 4.90 Å². The highest BCUT2D eigenvalue weighted by Crippen LogP contribution is 2.33. The van der Waals surface area contributed by atoms with Gasteiger partial charge in [0.25, 0.3) is 0 Å². The average molecular weight is 311 g/mol. The number of fused-ring (bicyclic) bond motifs is 2. The van der Waals surface area contributed by atoms with Crippen LogP contribution in [-0.2, 0) is 19.4 Å². The minimum atomic E-state index is -0.283. The van der Waals surface area contributed by atoms with Gasteiger partial charge in [0.2, 0.25) is 0 Å². The minimum absolute atomic E-state index is 0.277. The van der Waals surface area contributed by atoms with E-state index in [1.54, 1.807) is 13.2 Å². The SMILES string of the molecule is COc1ccc2c(c1)CC(N1Cc3ccc(F)cc3N=C1N)C2. The van der Waals surface area contributed by atoms with E-state index in [9.17, 15) is 4.39 Å². The number of nitrogens with two attached hydrogens (primary N) is 1. The summed E-state index contributed by atoms with van der Waals surface area (Å²) >= 11 is 0. The van der Waals surface area contributed by atoms with Gasteiger partial charge in [0.15, 0.2) is 5.96 Å². The number of ether oxygens (including phenoxy) is 1. The Kier molecular flexibility index (Phi) is 3.22. The van der Waals surface area contributed by atoms with Crippen LogP contribution in [0, 0.1) is 5.82 Å². The van der Waals surface area contributed by atoms with E-state index in [4.69, 9.17) is 10.5 Å². The number of methoxy groups -OCH3 is 1. The van der Waals surface area contributed by atoms with Crippen LogP contribution in [0.5, 0.6) is 5.75 Å². The maximum absolute atomic E-state index is 13.3. The highest BCUT2D eigenvalue weighted by molar-refractivity contribution is 5.84. The van der Waals surface area contributed by atoms with Crippen molar-refractivity contribution >= 4 is 11.6 Å². The number of benzene rings is 2. The molecule has 23 heavy (non-hydrogen) atoms. The number of rotatable bonds is 2. The van der Waals surface area contributed by atoms with Crippen molar-refractivity contribution < 1.29 is 9.13 Å². The summed E-state index contributed by atoms with van der Waals surface area (Å²) in [5.74, 6) is 1.06. The van der Waals surface area contributed by atoms with Gasteiger partial charge in [-0.2, -0.15) is 0 Å². The van der Waals surface area contributed by atoms with Gasteiger partial charge in [-0.1, -0.05) is 12.1 Å². The standard InChI is InChI=1S/C18H18FN3O/c1-23-16-5-3-11-6-15(7-13(11)8-16)22-10-12-2-4-14(19)9-17(12)21-18(22)20/h2-5,8-9,15H,6-7,10H2,1H3,(H2,20,21). The first-order chi connectivity index (χ1) is 11.1. The van der Waals surface area contributed by atoms with Gasteiger partial charge in [0.05, 0.1) is 12.8 Å². The fourth-order valence-corrected chi connectivity index (χ4v) is 3.46. The van der Waals surface area contributed by atoms with Gasteiger partial charge in [-0.15, -0.1) is 0 Å². The highest BCUT2D eigenvalue weighted by atomic mass is 19.1. The van der Waals surface area contributed by atoms with Crippen molar-refractivity contribution in [3.8, 4) is 5.75 Å². The Labute approximate surface area is 134 Å². The van der Waals surface area contributed by atoms with E-state index in [0.717, 1.165) is 24.2 Å². The van der Waals surface area contributed by atoms with Crippen LogP contribution in [0.1, 0.15) is 16.7 Å². The molecule has 1 aliphatic carbocycles. The Morgan fingerprint density at radius 2 is 1.91 bits per heavy atom. The van der Waals surface area contributed by atoms with Gasteiger partial charge in [0.1, 0.15) is 11.6 Å². The Morgan fingerprint density at radius 3 is 2.74 bits per heavy atom. The fourth-order valence-electron chi connectivity index (χ4n) is 3.46. The number of hydrogen-bond acceptors (Lipinski definition) is 4. The molecule has 4 rings (SSSR count). The second-order valence-electron chi connectivity index (χ2n) is 6.07. The first-order valence-corrected chi connectivity index (χ1v) is 7.69. The second kappa shape index (κ2) is 5.26. The molecule has 2 aromatic rings. The smallest absolute Gasteiger partial charge is 0.197 e. The normalized spacial score (nSPS) is 19.1. The lowest BCUT2D eigenvalue weighted by atomic mass is 10.1. The van der Waals surface area contributed by atoms with Gasteiger partial charge in [-0.25, -0.2) is 9.38 Å². The van der Waals surface area contributed by atoms with Crippen LogP contribution in [0.4, 0.5) is 10.1 Å². The molecule has 2 aromatic carbocycles. The van der Waals surface area contributed by atoms with Crippen molar-refractivity contribution in [2.45, 2.75) is 25.4 Å². The van der Waals surface area contributed by atoms with Crippen LogP contribution in [0.2, 0.25) is 0 Å². The van der Waals surface area contributed by atoms with Crippen molar-refractivity contribution in [3.63, 3.8) is 0 Å². The van der Waals surface area contributed by atoms with Crippen molar-refractivity contribution in [3.05, 3.63) is 58.9 Å². The second-order valence-corrected chi connectivity index (χ2v) is 6.07. The van der Waals surface area contributed by atoms with Crippen LogP contribution >= 0.6 is 0 Å². The third-order valence-electron chi connectivity index (χ3n) is 4.68. The number of nitrogens with zero attached hydrogens (tertiary/aromatic N) is 2. The van der Waals surface area contributed by atoms with E-state index in [2.05, 4.69) is 22.0 Å². The van der Waals surface area contributed by atoms with Gasteiger partial charge in [-0.05, 0) is 53.8 Å². The molecular weight excluding hydrogens is 293 g/mol. The van der Waals surface area contributed by atoms with Gasteiger partial charge in [0, 0.05) is 12.6 Å². The van der Waals surface area contributed by atoms with Crippen LogP contribution in [-0.4, -0.2) is 24.0 Å². The Morgan fingerprint density at radius 1 is 1.13 bits per heavy atom. The summed E-state index contributed by atoms with van der Waals surface area (Å²) < 4.78 is 18.6. The van der Waals surface area contributed by atoms with E-state index >= 15 is 0 Å². The van der Waals surface area contributed by atoms with E-state index in [0.29, 0.717) is 18.2 Å². The van der Waals surface area contributed by atoms with Crippen LogP contribution < -0.4 is 10.5 Å². The number of guanidine groups is 1. The average Bonchev–Trinajstić information content (AvgIpc) is 2.96. The summed E-state index contributed by atoms with van der Waals surface area (Å²) in [4.78, 5) is 6.50. The first kappa shape index (κ1) is 14.1. The maximum Gasteiger partial charge on any atom is 0.197 e. The Bertz CT molecular complexity index is 803. The Balaban J connectivity index is 1.60. The summed E-state index contributed by atoms with van der Waals surface area (Å²) in [7, 11) is 1.68. The Hall–Kier alpha value is -2.56. The number of halogens is 1. The molecule has 0 radical (unpaired) electrons. The lowest BCUT2D eigenvalue weighted by Gasteiger charge is -2.33. The lowest BCUT2D eigenvalue weighted by molar-refractivity contribution is 0.305. The van der Waals surface area contributed by atoms with Gasteiger partial charge < -0.3 is 15.4 Å². The topological polar surface area (TPSA) is 50.8 Å². The van der Waals surface area contributed by atoms with Crippen molar-refractivity contribution in [1.29, 1.82) is 0 Å². The molecular formula is C18H18FN3O. The summed E-state index contributed by atoms with van der Waals surface area (Å²) in [6.45, 7) is 0.667. The quantitative estimate of drug-likeness (QED) is 0.928. The molecule has 118 valence electrons. The van der Waals surface area contributed by atoms with Crippen LogP contribution in [0.3, 0.4) is 0 Å². The zero-order valence-electron chi connectivity index (χ0n) is 12.9. The molecule has 0 bridgehead atoms. The summed E-state index contributed by atoms with van der Waals surface area (Å²) in [6.07, 6.45) is 1.85. The van der Waals surface area contributed by atoms with E-state index in [-0.39, 0.29) is 11.9 Å². The van der Waals surface area contributed by atoms with Gasteiger partial charge in [-0.3, -0.25) is 0 Å². The molecule has 0 saturated heterocycles. The van der Waals surface area contributed by atoms with E-state index < -0.39 is 0 Å². The molecule has 5 heteroatoms. The molecule has 0 amide bonds. The number of aliphatic imine (C=N–C) groups is 1. The third-order valence-corrected chi connectivity index (χ3v) is 4.68. The molecule has 0 saturated carbocycles. The fraction of sp³-hybridized carbons (Fsp3) is 0.278. The summed E-state index contributed by atoms with van der Waals surface area (Å²) in [6, 6.07) is 11.2. The predicted molar refractivity (Wildman–Crippen MR) is 87.4 cm³/mol. The largest absolute Gasteiger partial charge is 0.497 e. The molecule has 1 atom stereocenters. The molecule has 1 aliphatic heterocycles. The first-order valence-electron chi connectivity index (χ1n) is 7.69. The van der Waals surface area contributed by atoms with Crippen LogP contribution in [0.25, 0.3) is 0 Å².